The average Bonchev–Trinajstić information content (AvgIpc) is 3.03. The highest BCUT2D eigenvalue weighted by atomic mass is 32.2. The zero-order valence-electron chi connectivity index (χ0n) is 16.4. The highest BCUT2D eigenvalue weighted by Gasteiger charge is 2.30. The second-order valence-corrected chi connectivity index (χ2v) is 8.69. The summed E-state index contributed by atoms with van der Waals surface area (Å²) in [5, 5.41) is 2.90. The monoisotopic (exact) mass is 419 g/mol. The lowest BCUT2D eigenvalue weighted by molar-refractivity contribution is -0.120. The van der Waals surface area contributed by atoms with Crippen molar-refractivity contribution >= 4 is 21.8 Å². The molecule has 3 aromatic rings. The molecular weight excluding hydrogens is 398 g/mol. The predicted octanol–water partition coefficient (Wildman–Crippen LogP) is 3.27. The van der Waals surface area contributed by atoms with Crippen LogP contribution in [0.3, 0.4) is 0 Å². The third-order valence-corrected chi connectivity index (χ3v) is 6.34. The molecule has 1 atom stereocenters. The van der Waals surface area contributed by atoms with Crippen molar-refractivity contribution in [2.75, 3.05) is 6.54 Å². The molecule has 152 valence electrons. The second-order valence-electron chi connectivity index (χ2n) is 7.04. The van der Waals surface area contributed by atoms with Crippen LogP contribution in [0.25, 0.3) is 11.1 Å². The number of nitrogens with zero attached hydrogens (tertiary/aromatic N) is 1. The molecule has 1 aliphatic rings. The van der Waals surface area contributed by atoms with Crippen LogP contribution in [0.2, 0.25) is 0 Å². The van der Waals surface area contributed by atoms with Crippen molar-refractivity contribution in [3.63, 3.8) is 0 Å². The Labute approximate surface area is 175 Å². The summed E-state index contributed by atoms with van der Waals surface area (Å²) in [4.78, 5) is 16.7. The fourth-order valence-electron chi connectivity index (χ4n) is 3.37. The molecule has 0 bridgehead atoms. The number of carbonyl (C=O) groups is 1. The van der Waals surface area contributed by atoms with E-state index >= 15 is 0 Å². The second kappa shape index (κ2) is 8.12. The number of hydrogen-bond acceptors (Lipinski definition) is 4. The predicted molar refractivity (Wildman–Crippen MR) is 117 cm³/mol. The van der Waals surface area contributed by atoms with E-state index < -0.39 is 10.0 Å². The minimum absolute atomic E-state index is 0.168. The molecule has 0 saturated heterocycles. The molecule has 0 radical (unpaired) electrons. The maximum Gasteiger partial charge on any atom is 0.263 e. The molecule has 0 spiro atoms. The van der Waals surface area contributed by atoms with E-state index in [-0.39, 0.29) is 29.2 Å². The molecule has 0 aliphatic carbocycles. The molecule has 2 N–H and O–H groups in total. The first kappa shape index (κ1) is 19.8. The van der Waals surface area contributed by atoms with E-state index in [1.807, 2.05) is 49.4 Å². The molecule has 30 heavy (non-hydrogen) atoms. The number of hydrogen-bond donors (Lipinski definition) is 2. The Kier molecular flexibility index (Phi) is 5.37. The van der Waals surface area contributed by atoms with Crippen LogP contribution in [0, 0.1) is 0 Å². The van der Waals surface area contributed by atoms with Crippen molar-refractivity contribution < 1.29 is 13.2 Å². The molecule has 1 aliphatic heterocycles. The number of rotatable bonds is 5. The zero-order chi connectivity index (χ0) is 21.1. The number of sulfonamides is 1. The largest absolute Gasteiger partial charge is 0.348 e. The number of nitrogens with one attached hydrogen (secondary N) is 2. The van der Waals surface area contributed by atoms with Crippen LogP contribution in [-0.2, 0) is 14.8 Å². The van der Waals surface area contributed by atoms with Crippen LogP contribution < -0.4 is 10.0 Å². The standard InChI is InChI=1S/C23H21N3O3S/c1-16(17-11-13-19(14-12-17)18-7-3-2-4-8-18)25-22(27)15-24-23-20-9-5-6-10-21(20)30(28,29)26-23/h2-14,16H,15H2,1H3,(H,24,26)(H,25,27)/t16-/m1/s1. The van der Waals surface area contributed by atoms with Gasteiger partial charge in [-0.15, -0.1) is 0 Å². The maximum atomic E-state index is 12.3. The average molecular weight is 420 g/mol. The van der Waals surface area contributed by atoms with Crippen molar-refractivity contribution in [3.05, 3.63) is 90.0 Å². The highest BCUT2D eigenvalue weighted by molar-refractivity contribution is 7.90. The third-order valence-electron chi connectivity index (χ3n) is 4.94. The lowest BCUT2D eigenvalue weighted by Crippen LogP contribution is -2.30. The van der Waals surface area contributed by atoms with Crippen LogP contribution >= 0.6 is 0 Å². The Balaban J connectivity index is 1.41. The van der Waals surface area contributed by atoms with Gasteiger partial charge in [-0.3, -0.25) is 14.5 Å². The van der Waals surface area contributed by atoms with Crippen LogP contribution in [0.5, 0.6) is 0 Å². The minimum atomic E-state index is -3.61. The van der Waals surface area contributed by atoms with Crippen molar-refractivity contribution in [3.8, 4) is 11.1 Å². The lowest BCUT2D eigenvalue weighted by atomic mass is 10.0. The van der Waals surface area contributed by atoms with Gasteiger partial charge in [-0.25, -0.2) is 8.42 Å². The summed E-state index contributed by atoms with van der Waals surface area (Å²) in [5.74, 6) is -0.0914. The first-order valence-electron chi connectivity index (χ1n) is 9.55. The Morgan fingerprint density at radius 2 is 1.57 bits per heavy atom. The fourth-order valence-corrected chi connectivity index (χ4v) is 4.62. The number of carbonyl (C=O) groups excluding carboxylic acids is 1. The Hall–Kier alpha value is -3.45. The van der Waals surface area contributed by atoms with Gasteiger partial charge in [-0.2, -0.15) is 0 Å². The van der Waals surface area contributed by atoms with Gasteiger partial charge in [0.2, 0.25) is 5.91 Å². The van der Waals surface area contributed by atoms with E-state index in [2.05, 4.69) is 27.2 Å². The van der Waals surface area contributed by atoms with E-state index in [1.54, 1.807) is 18.2 Å². The number of amides is 1. The molecule has 3 aromatic carbocycles. The lowest BCUT2D eigenvalue weighted by Gasteiger charge is -2.14. The SMILES string of the molecule is C[C@@H](NC(=O)CN=C1NS(=O)(=O)c2ccccc21)c1ccc(-c2ccccc2)cc1. The molecule has 0 fully saturated rings. The summed E-state index contributed by atoms with van der Waals surface area (Å²) in [7, 11) is -3.61. The van der Waals surface area contributed by atoms with E-state index in [4.69, 9.17) is 0 Å². The van der Waals surface area contributed by atoms with E-state index in [0.29, 0.717) is 5.56 Å². The number of fused-ring (bicyclic) bond motifs is 1. The zero-order valence-corrected chi connectivity index (χ0v) is 17.2. The van der Waals surface area contributed by atoms with Gasteiger partial charge in [-0.05, 0) is 35.7 Å². The quantitative estimate of drug-likeness (QED) is 0.665. The van der Waals surface area contributed by atoms with E-state index in [1.165, 1.54) is 6.07 Å². The van der Waals surface area contributed by atoms with Crippen molar-refractivity contribution in [2.24, 2.45) is 4.99 Å². The van der Waals surface area contributed by atoms with Crippen molar-refractivity contribution in [1.82, 2.24) is 10.0 Å². The van der Waals surface area contributed by atoms with Crippen LogP contribution in [0.15, 0.2) is 88.8 Å². The summed E-state index contributed by atoms with van der Waals surface area (Å²) < 4.78 is 26.6. The topological polar surface area (TPSA) is 87.6 Å². The minimum Gasteiger partial charge on any atom is -0.348 e. The van der Waals surface area contributed by atoms with Gasteiger partial charge in [0.15, 0.2) is 0 Å². The Bertz CT molecular complexity index is 1200. The molecule has 7 heteroatoms. The Morgan fingerprint density at radius 1 is 0.933 bits per heavy atom. The number of amidine groups is 1. The first-order valence-corrected chi connectivity index (χ1v) is 11.0. The van der Waals surface area contributed by atoms with Crippen LogP contribution in [0.4, 0.5) is 0 Å². The molecule has 6 nitrogen and oxygen atoms in total. The highest BCUT2D eigenvalue weighted by Crippen LogP contribution is 2.23. The summed E-state index contributed by atoms with van der Waals surface area (Å²) in [6.07, 6.45) is 0. The van der Waals surface area contributed by atoms with Crippen LogP contribution in [-0.4, -0.2) is 26.7 Å². The molecule has 0 saturated carbocycles. The number of aliphatic imine (C=N–C) groups is 1. The van der Waals surface area contributed by atoms with Crippen LogP contribution in [0.1, 0.15) is 24.1 Å². The summed E-state index contributed by atoms with van der Waals surface area (Å²) in [6.45, 7) is 1.73. The summed E-state index contributed by atoms with van der Waals surface area (Å²) in [5.41, 5.74) is 3.70. The first-order chi connectivity index (χ1) is 14.4. The van der Waals surface area contributed by atoms with Gasteiger partial charge in [0.05, 0.1) is 10.9 Å². The van der Waals surface area contributed by atoms with Gasteiger partial charge >= 0.3 is 0 Å². The van der Waals surface area contributed by atoms with Gasteiger partial charge in [-0.1, -0.05) is 66.7 Å². The Morgan fingerprint density at radius 3 is 2.30 bits per heavy atom. The normalized spacial score (nSPS) is 16.5. The van der Waals surface area contributed by atoms with E-state index in [0.717, 1.165) is 16.7 Å². The van der Waals surface area contributed by atoms with Gasteiger partial charge < -0.3 is 5.32 Å². The van der Waals surface area contributed by atoms with Crippen molar-refractivity contribution in [1.29, 1.82) is 0 Å². The molecule has 1 heterocycles. The molecule has 4 rings (SSSR count). The summed E-state index contributed by atoms with van der Waals surface area (Å²) >= 11 is 0. The fraction of sp³-hybridized carbons (Fsp3) is 0.130. The smallest absolute Gasteiger partial charge is 0.263 e. The molecular formula is C23H21N3O3S. The van der Waals surface area contributed by atoms with Gasteiger partial charge in [0.1, 0.15) is 12.4 Å². The van der Waals surface area contributed by atoms with Gasteiger partial charge in [0, 0.05) is 5.56 Å². The number of benzene rings is 3. The third kappa shape index (κ3) is 4.11. The van der Waals surface area contributed by atoms with Gasteiger partial charge in [0.25, 0.3) is 10.0 Å². The molecule has 0 unspecified atom stereocenters. The van der Waals surface area contributed by atoms with E-state index in [9.17, 15) is 13.2 Å². The maximum absolute atomic E-state index is 12.3. The van der Waals surface area contributed by atoms with Crippen molar-refractivity contribution in [2.45, 2.75) is 17.9 Å². The molecule has 1 amide bonds. The molecule has 0 aromatic heterocycles. The summed E-state index contributed by atoms with van der Waals surface area (Å²) in [6, 6.07) is 24.5.